The predicted octanol–water partition coefficient (Wildman–Crippen LogP) is 4.51. The molecule has 0 saturated carbocycles. The minimum atomic E-state index is -0.301. The number of benzene rings is 1. The molecule has 1 aromatic carbocycles. The Morgan fingerprint density at radius 3 is 2.81 bits per heavy atom. The van der Waals surface area contributed by atoms with Crippen LogP contribution < -0.4 is 0 Å². The molecule has 1 heterocycles. The zero-order chi connectivity index (χ0) is 11.4. The maximum absolute atomic E-state index is 12.8. The normalized spacial score (nSPS) is 10.6. The lowest BCUT2D eigenvalue weighted by Gasteiger charge is -2.03. The van der Waals surface area contributed by atoms with E-state index in [4.69, 9.17) is 16.0 Å². The van der Waals surface area contributed by atoms with Crippen LogP contribution in [0.3, 0.4) is 0 Å². The van der Waals surface area contributed by atoms with Gasteiger partial charge in [-0.05, 0) is 29.8 Å². The van der Waals surface area contributed by atoms with E-state index < -0.39 is 0 Å². The molecule has 0 spiro atoms. The molecule has 0 aliphatic rings. The van der Waals surface area contributed by atoms with Crippen LogP contribution in [-0.4, -0.2) is 0 Å². The fourth-order valence-electron chi connectivity index (χ4n) is 1.30. The Morgan fingerprint density at radius 1 is 1.25 bits per heavy atom. The van der Waals surface area contributed by atoms with Crippen LogP contribution in [0.5, 0.6) is 0 Å². The quantitative estimate of drug-likeness (QED) is 0.799. The summed E-state index contributed by atoms with van der Waals surface area (Å²) in [4.78, 5) is 0. The third-order valence-electron chi connectivity index (χ3n) is 2.10. The molecule has 16 heavy (non-hydrogen) atoms. The smallest absolute Gasteiger partial charge is 0.124 e. The van der Waals surface area contributed by atoms with Crippen molar-refractivity contribution in [2.45, 2.75) is 11.5 Å². The van der Waals surface area contributed by atoms with E-state index in [1.165, 1.54) is 12.1 Å². The number of halogens is 2. The van der Waals surface area contributed by atoms with E-state index in [1.807, 2.05) is 12.1 Å². The molecule has 1 nitrogen and oxygen atoms in total. The SMILES string of the molecule is Fc1ccc(CSCc2ccco2)c(Cl)c1. The highest BCUT2D eigenvalue weighted by molar-refractivity contribution is 7.97. The molecular weight excluding hydrogens is 247 g/mol. The first kappa shape index (κ1) is 11.6. The number of thioether (sulfide) groups is 1. The van der Waals surface area contributed by atoms with Gasteiger partial charge >= 0.3 is 0 Å². The minimum absolute atomic E-state index is 0.301. The van der Waals surface area contributed by atoms with E-state index in [2.05, 4.69) is 0 Å². The highest BCUT2D eigenvalue weighted by Crippen LogP contribution is 2.24. The standard InChI is InChI=1S/C12H10ClFOS/c13-12-6-10(14)4-3-9(12)7-16-8-11-2-1-5-15-11/h1-6H,7-8H2. The van der Waals surface area contributed by atoms with Gasteiger partial charge in [0.05, 0.1) is 12.0 Å². The van der Waals surface area contributed by atoms with E-state index in [-0.39, 0.29) is 5.82 Å². The summed E-state index contributed by atoms with van der Waals surface area (Å²) < 4.78 is 18.0. The summed E-state index contributed by atoms with van der Waals surface area (Å²) >= 11 is 7.60. The van der Waals surface area contributed by atoms with Crippen molar-refractivity contribution in [3.8, 4) is 0 Å². The molecule has 0 aliphatic heterocycles. The van der Waals surface area contributed by atoms with Crippen LogP contribution in [-0.2, 0) is 11.5 Å². The second-order valence-corrected chi connectivity index (χ2v) is 4.70. The molecule has 0 saturated heterocycles. The lowest BCUT2D eigenvalue weighted by Crippen LogP contribution is -1.85. The summed E-state index contributed by atoms with van der Waals surface area (Å²) in [6.45, 7) is 0. The summed E-state index contributed by atoms with van der Waals surface area (Å²) in [5, 5.41) is 0.479. The molecule has 0 atom stereocenters. The van der Waals surface area contributed by atoms with Crippen LogP contribution in [0, 0.1) is 5.82 Å². The van der Waals surface area contributed by atoms with Crippen LogP contribution >= 0.6 is 23.4 Å². The maximum Gasteiger partial charge on any atom is 0.124 e. The summed E-state index contributed by atoms with van der Waals surface area (Å²) in [6, 6.07) is 8.27. The lowest BCUT2D eigenvalue weighted by atomic mass is 10.2. The second kappa shape index (κ2) is 5.41. The highest BCUT2D eigenvalue weighted by Gasteiger charge is 2.03. The van der Waals surface area contributed by atoms with Gasteiger partial charge in [0.25, 0.3) is 0 Å². The highest BCUT2D eigenvalue weighted by atomic mass is 35.5. The molecule has 84 valence electrons. The zero-order valence-corrected chi connectivity index (χ0v) is 10.0. The van der Waals surface area contributed by atoms with Crippen molar-refractivity contribution < 1.29 is 8.81 Å². The first-order valence-electron chi connectivity index (χ1n) is 4.80. The lowest BCUT2D eigenvalue weighted by molar-refractivity contribution is 0.530. The molecule has 0 aliphatic carbocycles. The first-order chi connectivity index (χ1) is 7.75. The van der Waals surface area contributed by atoms with Crippen molar-refractivity contribution >= 4 is 23.4 Å². The average molecular weight is 257 g/mol. The Kier molecular flexibility index (Phi) is 3.91. The maximum atomic E-state index is 12.8. The van der Waals surface area contributed by atoms with Gasteiger partial charge in [-0.25, -0.2) is 4.39 Å². The van der Waals surface area contributed by atoms with E-state index in [1.54, 1.807) is 24.1 Å². The topological polar surface area (TPSA) is 13.1 Å². The molecule has 0 N–H and O–H groups in total. The monoisotopic (exact) mass is 256 g/mol. The fraction of sp³-hybridized carbons (Fsp3) is 0.167. The number of hydrogen-bond acceptors (Lipinski definition) is 2. The Balaban J connectivity index is 1.90. The molecule has 0 bridgehead atoms. The Labute approximate surface area is 103 Å². The molecule has 4 heteroatoms. The summed E-state index contributed by atoms with van der Waals surface area (Å²) in [6.07, 6.45) is 1.65. The molecule has 2 rings (SSSR count). The Bertz CT molecular complexity index is 456. The van der Waals surface area contributed by atoms with Gasteiger partial charge < -0.3 is 4.42 Å². The van der Waals surface area contributed by atoms with E-state index in [9.17, 15) is 4.39 Å². The molecule has 0 amide bonds. The van der Waals surface area contributed by atoms with Crippen LogP contribution in [0.15, 0.2) is 41.0 Å². The summed E-state index contributed by atoms with van der Waals surface area (Å²) in [7, 11) is 0. The average Bonchev–Trinajstić information content (AvgIpc) is 2.74. The number of furan rings is 1. The van der Waals surface area contributed by atoms with Gasteiger partial charge in [0.2, 0.25) is 0 Å². The van der Waals surface area contributed by atoms with Crippen molar-refractivity contribution in [3.05, 3.63) is 58.8 Å². The van der Waals surface area contributed by atoms with Gasteiger partial charge in [0.15, 0.2) is 0 Å². The largest absolute Gasteiger partial charge is 0.468 e. The van der Waals surface area contributed by atoms with Crippen molar-refractivity contribution in [2.75, 3.05) is 0 Å². The molecule has 0 unspecified atom stereocenters. The Morgan fingerprint density at radius 2 is 2.12 bits per heavy atom. The third kappa shape index (κ3) is 3.03. The second-order valence-electron chi connectivity index (χ2n) is 3.31. The van der Waals surface area contributed by atoms with Crippen molar-refractivity contribution in [1.82, 2.24) is 0 Å². The fourth-order valence-corrected chi connectivity index (χ4v) is 2.55. The molecule has 0 radical (unpaired) electrons. The van der Waals surface area contributed by atoms with Gasteiger partial charge in [-0.15, -0.1) is 11.8 Å². The minimum Gasteiger partial charge on any atom is -0.468 e. The van der Waals surface area contributed by atoms with Gasteiger partial charge in [0.1, 0.15) is 11.6 Å². The predicted molar refractivity (Wildman–Crippen MR) is 65.1 cm³/mol. The molecular formula is C12H10ClFOS. The van der Waals surface area contributed by atoms with Crippen molar-refractivity contribution in [1.29, 1.82) is 0 Å². The Hall–Kier alpha value is -0.930. The van der Waals surface area contributed by atoms with E-state index in [0.717, 1.165) is 22.8 Å². The molecule has 0 fully saturated rings. The van der Waals surface area contributed by atoms with Gasteiger partial charge in [0, 0.05) is 10.8 Å². The van der Waals surface area contributed by atoms with E-state index >= 15 is 0 Å². The number of hydrogen-bond donors (Lipinski definition) is 0. The van der Waals surface area contributed by atoms with Crippen LogP contribution in [0.1, 0.15) is 11.3 Å². The van der Waals surface area contributed by atoms with Crippen molar-refractivity contribution in [2.24, 2.45) is 0 Å². The first-order valence-corrected chi connectivity index (χ1v) is 6.33. The summed E-state index contributed by atoms with van der Waals surface area (Å²) in [5.41, 5.74) is 0.944. The van der Waals surface area contributed by atoms with Crippen LogP contribution in [0.2, 0.25) is 5.02 Å². The van der Waals surface area contributed by atoms with Gasteiger partial charge in [-0.2, -0.15) is 0 Å². The third-order valence-corrected chi connectivity index (χ3v) is 3.45. The van der Waals surface area contributed by atoms with E-state index in [0.29, 0.717) is 5.02 Å². The number of rotatable bonds is 4. The summed E-state index contributed by atoms with van der Waals surface area (Å²) in [5.74, 6) is 2.17. The van der Waals surface area contributed by atoms with Crippen LogP contribution in [0.4, 0.5) is 4.39 Å². The zero-order valence-electron chi connectivity index (χ0n) is 8.45. The van der Waals surface area contributed by atoms with Gasteiger partial charge in [-0.3, -0.25) is 0 Å². The molecule has 2 aromatic rings. The van der Waals surface area contributed by atoms with Crippen molar-refractivity contribution in [3.63, 3.8) is 0 Å². The van der Waals surface area contributed by atoms with Gasteiger partial charge in [-0.1, -0.05) is 17.7 Å². The molecule has 1 aromatic heterocycles. The van der Waals surface area contributed by atoms with Crippen LogP contribution in [0.25, 0.3) is 0 Å².